The summed E-state index contributed by atoms with van der Waals surface area (Å²) in [6.07, 6.45) is 5.51. The molecule has 3 aliphatic rings. The number of ether oxygens (including phenoxy) is 4. The highest BCUT2D eigenvalue weighted by atomic mass is 16.8. The summed E-state index contributed by atoms with van der Waals surface area (Å²) in [6, 6.07) is 0. The summed E-state index contributed by atoms with van der Waals surface area (Å²) in [4.78, 5) is 0. The molecule has 0 spiro atoms. The molecule has 4 heteroatoms. The van der Waals surface area contributed by atoms with Crippen molar-refractivity contribution in [2.45, 2.75) is 64.3 Å². The minimum Gasteiger partial charge on any atom is -0.350 e. The van der Waals surface area contributed by atoms with Crippen LogP contribution in [0.4, 0.5) is 0 Å². The Kier molecular flexibility index (Phi) is 3.29. The van der Waals surface area contributed by atoms with Crippen molar-refractivity contribution in [3.05, 3.63) is 12.2 Å². The summed E-state index contributed by atoms with van der Waals surface area (Å²) in [5.74, 6) is -0.115. The quantitative estimate of drug-likeness (QED) is 0.693. The third kappa shape index (κ3) is 2.67. The van der Waals surface area contributed by atoms with Gasteiger partial charge in [-0.25, -0.2) is 0 Å². The molecule has 114 valence electrons. The first-order valence-corrected chi connectivity index (χ1v) is 7.54. The predicted molar refractivity (Wildman–Crippen MR) is 75.2 cm³/mol. The van der Waals surface area contributed by atoms with E-state index in [-0.39, 0.29) is 11.7 Å². The molecule has 0 aromatic rings. The summed E-state index contributed by atoms with van der Waals surface area (Å²) in [7, 11) is 0. The zero-order chi connectivity index (χ0) is 14.6. The number of hydrogen-bond donors (Lipinski definition) is 0. The topological polar surface area (TPSA) is 36.9 Å². The highest BCUT2D eigenvalue weighted by Crippen LogP contribution is 2.44. The van der Waals surface area contributed by atoms with E-state index in [1.165, 1.54) is 0 Å². The molecule has 2 aliphatic heterocycles. The third-order valence-electron chi connectivity index (χ3n) is 4.59. The molecule has 0 amide bonds. The fourth-order valence-corrected chi connectivity index (χ4v) is 3.44. The van der Waals surface area contributed by atoms with E-state index in [2.05, 4.69) is 19.1 Å². The van der Waals surface area contributed by atoms with Crippen LogP contribution < -0.4 is 0 Å². The summed E-state index contributed by atoms with van der Waals surface area (Å²) < 4.78 is 23.7. The molecule has 2 saturated heterocycles. The highest BCUT2D eigenvalue weighted by Gasteiger charge is 2.51. The molecule has 3 rings (SSSR count). The van der Waals surface area contributed by atoms with E-state index in [0.717, 1.165) is 19.6 Å². The molecule has 2 heterocycles. The second-order valence-corrected chi connectivity index (χ2v) is 7.33. The second-order valence-electron chi connectivity index (χ2n) is 7.33. The van der Waals surface area contributed by atoms with Gasteiger partial charge in [0.1, 0.15) is 5.60 Å². The van der Waals surface area contributed by atoms with Gasteiger partial charge in [-0.1, -0.05) is 12.2 Å². The molecular weight excluding hydrogens is 256 g/mol. The van der Waals surface area contributed by atoms with E-state index in [9.17, 15) is 0 Å². The maximum absolute atomic E-state index is 6.06. The van der Waals surface area contributed by atoms with Crippen molar-refractivity contribution in [1.29, 1.82) is 0 Å². The Morgan fingerprint density at radius 2 is 1.60 bits per heavy atom. The first kappa shape index (κ1) is 14.5. The maximum Gasteiger partial charge on any atom is 0.164 e. The van der Waals surface area contributed by atoms with E-state index in [1.54, 1.807) is 0 Å². The van der Waals surface area contributed by atoms with Crippen molar-refractivity contribution in [3.8, 4) is 0 Å². The lowest BCUT2D eigenvalue weighted by Gasteiger charge is -2.40. The number of fused-ring (bicyclic) bond motifs is 1. The van der Waals surface area contributed by atoms with Crippen LogP contribution in [0.1, 0.15) is 41.0 Å². The van der Waals surface area contributed by atoms with Gasteiger partial charge in [-0.15, -0.1) is 0 Å². The first-order chi connectivity index (χ1) is 9.19. The Labute approximate surface area is 121 Å². The molecule has 0 N–H and O–H groups in total. The number of hydrogen-bond acceptors (Lipinski definition) is 4. The Morgan fingerprint density at radius 3 is 2.25 bits per heavy atom. The molecule has 20 heavy (non-hydrogen) atoms. The molecule has 2 fully saturated rings. The molecule has 0 aromatic carbocycles. The lowest BCUT2D eigenvalue weighted by Crippen LogP contribution is -2.45. The van der Waals surface area contributed by atoms with Gasteiger partial charge < -0.3 is 18.9 Å². The smallest absolute Gasteiger partial charge is 0.164 e. The van der Waals surface area contributed by atoms with Crippen LogP contribution in [0.15, 0.2) is 12.2 Å². The van der Waals surface area contributed by atoms with Crippen molar-refractivity contribution in [3.63, 3.8) is 0 Å². The van der Waals surface area contributed by atoms with Crippen molar-refractivity contribution >= 4 is 0 Å². The molecule has 0 bridgehead atoms. The molecule has 4 nitrogen and oxygen atoms in total. The third-order valence-corrected chi connectivity index (χ3v) is 4.59. The van der Waals surface area contributed by atoms with E-state index in [4.69, 9.17) is 18.9 Å². The van der Waals surface area contributed by atoms with Crippen LogP contribution in [0.25, 0.3) is 0 Å². The first-order valence-electron chi connectivity index (χ1n) is 7.54. The zero-order valence-electron chi connectivity index (χ0n) is 13.1. The number of allylic oxidation sites excluding steroid dienone is 1. The summed E-state index contributed by atoms with van der Waals surface area (Å²) in [5, 5.41) is 0. The van der Waals surface area contributed by atoms with Crippen LogP contribution in [-0.4, -0.2) is 36.5 Å². The van der Waals surface area contributed by atoms with Gasteiger partial charge in [0.2, 0.25) is 0 Å². The molecule has 0 aromatic heterocycles. The fourth-order valence-electron chi connectivity index (χ4n) is 3.44. The van der Waals surface area contributed by atoms with Crippen molar-refractivity contribution < 1.29 is 18.9 Å². The molecular formula is C16H26O4. The van der Waals surface area contributed by atoms with Gasteiger partial charge >= 0.3 is 0 Å². The minimum absolute atomic E-state index is 0.113. The summed E-state index contributed by atoms with van der Waals surface area (Å²) in [6.45, 7) is 11.5. The van der Waals surface area contributed by atoms with Crippen LogP contribution in [0.3, 0.4) is 0 Å². The Morgan fingerprint density at radius 1 is 0.950 bits per heavy atom. The van der Waals surface area contributed by atoms with Crippen LogP contribution in [0.2, 0.25) is 0 Å². The van der Waals surface area contributed by atoms with Crippen LogP contribution >= 0.6 is 0 Å². The monoisotopic (exact) mass is 282 g/mol. The largest absolute Gasteiger partial charge is 0.350 e. The van der Waals surface area contributed by atoms with Gasteiger partial charge in [0.15, 0.2) is 11.6 Å². The Balaban J connectivity index is 1.68. The minimum atomic E-state index is -0.500. The second kappa shape index (κ2) is 4.54. The van der Waals surface area contributed by atoms with E-state index in [0.29, 0.717) is 11.8 Å². The van der Waals surface area contributed by atoms with E-state index >= 15 is 0 Å². The standard InChI is InChI=1S/C16H26O4/c1-14(2)17-9-12(10-18-14)11-6-7-16(5)13(8-11)19-15(3,4)20-16/h6-7,11-13H,8-10H2,1-5H3/t11-,13-,16+/m1/s1. The Hall–Kier alpha value is -0.420. The molecule has 0 unspecified atom stereocenters. The maximum atomic E-state index is 6.06. The SMILES string of the molecule is CC1(C)OCC([C@@H]2C=C[C@]3(C)OC(C)(C)O[C@@H]3C2)CO1. The van der Waals surface area contributed by atoms with Gasteiger partial charge in [0, 0.05) is 5.92 Å². The molecule has 3 atom stereocenters. The van der Waals surface area contributed by atoms with Crippen LogP contribution in [0, 0.1) is 11.8 Å². The van der Waals surface area contributed by atoms with Gasteiger partial charge in [-0.3, -0.25) is 0 Å². The van der Waals surface area contributed by atoms with Crippen LogP contribution in [-0.2, 0) is 18.9 Å². The highest BCUT2D eigenvalue weighted by molar-refractivity contribution is 5.15. The Bertz CT molecular complexity index is 405. The molecule has 0 saturated carbocycles. The lowest BCUT2D eigenvalue weighted by molar-refractivity contribution is -0.267. The molecule has 1 aliphatic carbocycles. The van der Waals surface area contributed by atoms with Gasteiger partial charge in [-0.2, -0.15) is 0 Å². The number of rotatable bonds is 1. The average molecular weight is 282 g/mol. The van der Waals surface area contributed by atoms with Crippen LogP contribution in [0.5, 0.6) is 0 Å². The van der Waals surface area contributed by atoms with Gasteiger partial charge in [0.05, 0.1) is 19.3 Å². The van der Waals surface area contributed by atoms with Gasteiger partial charge in [-0.05, 0) is 47.0 Å². The van der Waals surface area contributed by atoms with E-state index in [1.807, 2.05) is 27.7 Å². The predicted octanol–water partition coefficient (Wildman–Crippen LogP) is 2.87. The van der Waals surface area contributed by atoms with E-state index < -0.39 is 11.6 Å². The molecule has 0 radical (unpaired) electrons. The van der Waals surface area contributed by atoms with Gasteiger partial charge in [0.25, 0.3) is 0 Å². The van der Waals surface area contributed by atoms with Crippen molar-refractivity contribution in [2.24, 2.45) is 11.8 Å². The fraction of sp³-hybridized carbons (Fsp3) is 0.875. The normalized spacial score (nSPS) is 43.5. The summed E-state index contributed by atoms with van der Waals surface area (Å²) >= 11 is 0. The lowest BCUT2D eigenvalue weighted by atomic mass is 9.78. The average Bonchev–Trinajstić information content (AvgIpc) is 2.56. The van der Waals surface area contributed by atoms with Crippen molar-refractivity contribution in [2.75, 3.05) is 13.2 Å². The zero-order valence-corrected chi connectivity index (χ0v) is 13.1. The summed E-state index contributed by atoms with van der Waals surface area (Å²) in [5.41, 5.74) is -0.296. The van der Waals surface area contributed by atoms with Crippen molar-refractivity contribution in [1.82, 2.24) is 0 Å².